The van der Waals surface area contributed by atoms with Gasteiger partial charge in [0.25, 0.3) is 0 Å². The number of anilines is 1. The van der Waals surface area contributed by atoms with Crippen LogP contribution in [0, 0.1) is 5.92 Å². The van der Waals surface area contributed by atoms with Gasteiger partial charge in [0.1, 0.15) is 4.90 Å². The standard InChI is InChI=1S/C13H23ClN4O2S/c1-3-5-6-10(4-2)8-17-21(19,20)11-7-12(14)13(18-15)16-9-11/h7,9-10,17H,3-6,8,15H2,1-2H3,(H,16,18). The highest BCUT2D eigenvalue weighted by Gasteiger charge is 2.18. The van der Waals surface area contributed by atoms with Crippen LogP contribution in [0.5, 0.6) is 0 Å². The molecule has 0 bridgehead atoms. The van der Waals surface area contributed by atoms with Gasteiger partial charge in [0, 0.05) is 12.7 Å². The van der Waals surface area contributed by atoms with Gasteiger partial charge in [0.05, 0.1) is 5.02 Å². The molecule has 0 radical (unpaired) electrons. The number of halogens is 1. The van der Waals surface area contributed by atoms with Gasteiger partial charge in [-0.3, -0.25) is 0 Å². The van der Waals surface area contributed by atoms with Crippen LogP contribution in [0.15, 0.2) is 17.2 Å². The van der Waals surface area contributed by atoms with E-state index in [-0.39, 0.29) is 15.7 Å². The van der Waals surface area contributed by atoms with Crippen molar-refractivity contribution in [3.8, 4) is 0 Å². The lowest BCUT2D eigenvalue weighted by Gasteiger charge is -2.15. The summed E-state index contributed by atoms with van der Waals surface area (Å²) in [6.07, 6.45) is 5.40. The molecule has 8 heteroatoms. The van der Waals surface area contributed by atoms with Gasteiger partial charge in [-0.25, -0.2) is 24.0 Å². The van der Waals surface area contributed by atoms with E-state index >= 15 is 0 Å². The number of aromatic nitrogens is 1. The van der Waals surface area contributed by atoms with Crippen molar-refractivity contribution in [3.63, 3.8) is 0 Å². The molecule has 0 aliphatic heterocycles. The Hall–Kier alpha value is -0.890. The van der Waals surface area contributed by atoms with Crippen molar-refractivity contribution >= 4 is 27.4 Å². The lowest BCUT2D eigenvalue weighted by molar-refractivity contribution is 0.443. The molecule has 0 aromatic carbocycles. The predicted molar refractivity (Wildman–Crippen MR) is 85.6 cm³/mol. The Morgan fingerprint density at radius 1 is 1.43 bits per heavy atom. The molecule has 4 N–H and O–H groups in total. The molecular weight excluding hydrogens is 312 g/mol. The summed E-state index contributed by atoms with van der Waals surface area (Å²) in [5.74, 6) is 5.79. The maximum atomic E-state index is 12.2. The largest absolute Gasteiger partial charge is 0.307 e. The minimum Gasteiger partial charge on any atom is -0.307 e. The molecule has 0 aliphatic carbocycles. The highest BCUT2D eigenvalue weighted by atomic mass is 35.5. The molecule has 6 nitrogen and oxygen atoms in total. The number of unbranched alkanes of at least 4 members (excludes halogenated alkanes) is 1. The molecule has 1 heterocycles. The Balaban J connectivity index is 2.74. The van der Waals surface area contributed by atoms with Crippen molar-refractivity contribution in [2.24, 2.45) is 11.8 Å². The van der Waals surface area contributed by atoms with Crippen LogP contribution in [0.25, 0.3) is 0 Å². The van der Waals surface area contributed by atoms with Gasteiger partial charge in [-0.15, -0.1) is 0 Å². The number of nitrogens with one attached hydrogen (secondary N) is 2. The van der Waals surface area contributed by atoms with E-state index < -0.39 is 10.0 Å². The molecule has 0 saturated carbocycles. The Bertz CT molecular complexity index is 551. The molecule has 1 rings (SSSR count). The molecule has 0 amide bonds. The van der Waals surface area contributed by atoms with Gasteiger partial charge >= 0.3 is 0 Å². The summed E-state index contributed by atoms with van der Waals surface area (Å²) in [5, 5.41) is 0.165. The summed E-state index contributed by atoms with van der Waals surface area (Å²) in [4.78, 5) is 3.91. The number of hydrogen-bond donors (Lipinski definition) is 3. The maximum Gasteiger partial charge on any atom is 0.242 e. The zero-order valence-corrected chi connectivity index (χ0v) is 14.0. The van der Waals surface area contributed by atoms with Gasteiger partial charge in [-0.05, 0) is 18.4 Å². The van der Waals surface area contributed by atoms with Crippen molar-refractivity contribution in [1.29, 1.82) is 0 Å². The summed E-state index contributed by atoms with van der Waals surface area (Å²) in [6, 6.07) is 1.33. The summed E-state index contributed by atoms with van der Waals surface area (Å²) in [5.41, 5.74) is 2.30. The Morgan fingerprint density at radius 3 is 2.67 bits per heavy atom. The zero-order valence-electron chi connectivity index (χ0n) is 12.4. The van der Waals surface area contributed by atoms with Crippen LogP contribution in [-0.2, 0) is 10.0 Å². The SMILES string of the molecule is CCCCC(CC)CNS(=O)(=O)c1cnc(NN)c(Cl)c1. The molecule has 0 aliphatic rings. The number of hydrazine groups is 1. The summed E-state index contributed by atoms with van der Waals surface area (Å²) in [7, 11) is -3.60. The van der Waals surface area contributed by atoms with Crippen molar-refractivity contribution in [1.82, 2.24) is 9.71 Å². The molecule has 1 atom stereocenters. The number of pyridine rings is 1. The molecule has 1 aromatic rings. The number of sulfonamides is 1. The van der Waals surface area contributed by atoms with Crippen LogP contribution in [0.2, 0.25) is 5.02 Å². The first kappa shape index (κ1) is 18.2. The van der Waals surface area contributed by atoms with E-state index in [1.165, 1.54) is 12.3 Å². The van der Waals surface area contributed by atoms with Gasteiger partial charge in [-0.2, -0.15) is 0 Å². The Morgan fingerprint density at radius 2 is 2.14 bits per heavy atom. The number of nitrogens with zero attached hydrogens (tertiary/aromatic N) is 1. The normalized spacial score (nSPS) is 13.1. The first-order chi connectivity index (χ1) is 9.94. The molecule has 0 saturated heterocycles. The Labute approximate surface area is 131 Å². The molecule has 1 aromatic heterocycles. The van der Waals surface area contributed by atoms with Crippen LogP contribution in [0.4, 0.5) is 5.82 Å². The quantitative estimate of drug-likeness (QED) is 0.476. The fraction of sp³-hybridized carbons (Fsp3) is 0.615. The molecule has 1 unspecified atom stereocenters. The smallest absolute Gasteiger partial charge is 0.242 e. The summed E-state index contributed by atoms with van der Waals surface area (Å²) >= 11 is 5.90. The zero-order chi connectivity index (χ0) is 15.9. The number of rotatable bonds is 9. The van der Waals surface area contributed by atoms with Crippen LogP contribution in [0.1, 0.15) is 39.5 Å². The lowest BCUT2D eigenvalue weighted by atomic mass is 10.00. The van der Waals surface area contributed by atoms with Crippen LogP contribution in [-0.4, -0.2) is 19.9 Å². The van der Waals surface area contributed by atoms with E-state index in [0.29, 0.717) is 12.5 Å². The van der Waals surface area contributed by atoms with Crippen LogP contribution >= 0.6 is 11.6 Å². The topological polar surface area (TPSA) is 97.1 Å². The molecular formula is C13H23ClN4O2S. The summed E-state index contributed by atoms with van der Waals surface area (Å²) in [6.45, 7) is 4.61. The van der Waals surface area contributed by atoms with Crippen LogP contribution < -0.4 is 16.0 Å². The number of nitrogens with two attached hydrogens (primary N) is 1. The fourth-order valence-electron chi connectivity index (χ4n) is 1.93. The molecule has 120 valence electrons. The lowest BCUT2D eigenvalue weighted by Crippen LogP contribution is -2.29. The van der Waals surface area contributed by atoms with E-state index in [1.807, 2.05) is 0 Å². The van der Waals surface area contributed by atoms with Crippen LogP contribution in [0.3, 0.4) is 0 Å². The minimum atomic E-state index is -3.60. The minimum absolute atomic E-state index is 0.0387. The van der Waals surface area contributed by atoms with Crippen molar-refractivity contribution in [2.75, 3.05) is 12.0 Å². The van der Waals surface area contributed by atoms with Gasteiger partial charge in [0.2, 0.25) is 10.0 Å². The second-order valence-electron chi connectivity index (χ2n) is 4.91. The predicted octanol–water partition coefficient (Wildman–Crippen LogP) is 2.52. The second-order valence-corrected chi connectivity index (χ2v) is 7.09. The van der Waals surface area contributed by atoms with E-state index in [0.717, 1.165) is 25.7 Å². The van der Waals surface area contributed by atoms with Gasteiger partial charge in [-0.1, -0.05) is 44.7 Å². The highest BCUT2D eigenvalue weighted by molar-refractivity contribution is 7.89. The number of hydrogen-bond acceptors (Lipinski definition) is 5. The van der Waals surface area contributed by atoms with E-state index in [1.54, 1.807) is 0 Å². The Kier molecular flexibility index (Phi) is 7.37. The maximum absolute atomic E-state index is 12.2. The van der Waals surface area contributed by atoms with E-state index in [2.05, 4.69) is 29.0 Å². The number of nitrogen functional groups attached to an aromatic ring is 1. The van der Waals surface area contributed by atoms with Crippen molar-refractivity contribution in [3.05, 3.63) is 17.3 Å². The third-order valence-corrected chi connectivity index (χ3v) is 5.05. The van der Waals surface area contributed by atoms with Crippen molar-refractivity contribution in [2.45, 2.75) is 44.4 Å². The third kappa shape index (κ3) is 5.43. The highest BCUT2D eigenvalue weighted by Crippen LogP contribution is 2.21. The average Bonchev–Trinajstić information content (AvgIpc) is 2.47. The van der Waals surface area contributed by atoms with E-state index in [4.69, 9.17) is 17.4 Å². The van der Waals surface area contributed by atoms with Crippen molar-refractivity contribution < 1.29 is 8.42 Å². The van der Waals surface area contributed by atoms with Gasteiger partial charge in [0.15, 0.2) is 5.82 Å². The first-order valence-corrected chi connectivity index (χ1v) is 8.92. The average molecular weight is 335 g/mol. The molecule has 0 spiro atoms. The van der Waals surface area contributed by atoms with E-state index in [9.17, 15) is 8.42 Å². The molecule has 21 heavy (non-hydrogen) atoms. The second kappa shape index (κ2) is 8.53. The first-order valence-electron chi connectivity index (χ1n) is 7.06. The third-order valence-electron chi connectivity index (χ3n) is 3.37. The summed E-state index contributed by atoms with van der Waals surface area (Å²) < 4.78 is 27.1. The van der Waals surface area contributed by atoms with Gasteiger partial charge < -0.3 is 5.43 Å². The molecule has 0 fully saturated rings. The fourth-order valence-corrected chi connectivity index (χ4v) is 3.30. The monoisotopic (exact) mass is 334 g/mol.